The van der Waals surface area contributed by atoms with E-state index in [4.69, 9.17) is 0 Å². The second-order valence-corrected chi connectivity index (χ2v) is 7.44. The number of aryl methyl sites for hydroxylation is 3. The summed E-state index contributed by atoms with van der Waals surface area (Å²) < 4.78 is 2.05. The molecule has 0 saturated carbocycles. The second kappa shape index (κ2) is 11.9. The largest absolute Gasteiger partial charge is 0.357 e. The number of rotatable bonds is 8. The Morgan fingerprint density at radius 1 is 1.20 bits per heavy atom. The first-order valence-corrected chi connectivity index (χ1v) is 10.5. The van der Waals surface area contributed by atoms with Gasteiger partial charge in [-0.05, 0) is 57.4 Å². The fraction of sp³-hybridized carbons (Fsp3) is 0.500. The van der Waals surface area contributed by atoms with Crippen molar-refractivity contribution in [3.8, 4) is 0 Å². The fourth-order valence-corrected chi connectivity index (χ4v) is 3.55. The molecule has 2 N–H and O–H groups in total. The zero-order chi connectivity index (χ0) is 20.6. The van der Waals surface area contributed by atoms with E-state index in [-0.39, 0.29) is 29.9 Å². The number of anilines is 1. The minimum atomic E-state index is 0. The lowest BCUT2D eigenvalue weighted by Gasteiger charge is -2.16. The molecule has 3 rings (SSSR count). The van der Waals surface area contributed by atoms with Crippen molar-refractivity contribution in [2.45, 2.75) is 53.1 Å². The third-order valence-corrected chi connectivity index (χ3v) is 5.03. The van der Waals surface area contributed by atoms with Crippen LogP contribution in [0.5, 0.6) is 0 Å². The summed E-state index contributed by atoms with van der Waals surface area (Å²) >= 11 is 0. The summed E-state index contributed by atoms with van der Waals surface area (Å²) in [5.74, 6) is 1.04. The zero-order valence-corrected chi connectivity index (χ0v) is 20.5. The van der Waals surface area contributed by atoms with Crippen molar-refractivity contribution in [3.05, 3.63) is 47.3 Å². The van der Waals surface area contributed by atoms with Gasteiger partial charge in [0.2, 0.25) is 5.91 Å². The second-order valence-electron chi connectivity index (χ2n) is 7.44. The van der Waals surface area contributed by atoms with Gasteiger partial charge in [0.05, 0.1) is 12.2 Å². The van der Waals surface area contributed by atoms with Crippen LogP contribution in [0.2, 0.25) is 0 Å². The van der Waals surface area contributed by atoms with E-state index in [1.54, 1.807) is 0 Å². The molecule has 1 aromatic carbocycles. The van der Waals surface area contributed by atoms with Gasteiger partial charge in [0.25, 0.3) is 0 Å². The Bertz CT molecular complexity index is 846. The van der Waals surface area contributed by atoms with E-state index in [2.05, 4.69) is 52.8 Å². The van der Waals surface area contributed by atoms with Crippen LogP contribution < -0.4 is 15.5 Å². The number of nitrogens with zero attached hydrogens (tertiary/aromatic N) is 4. The van der Waals surface area contributed by atoms with E-state index in [1.165, 1.54) is 5.69 Å². The average molecular weight is 524 g/mol. The van der Waals surface area contributed by atoms with Crippen molar-refractivity contribution in [1.29, 1.82) is 0 Å². The third kappa shape index (κ3) is 6.72. The molecule has 2 heterocycles. The molecule has 2 aromatic rings. The highest BCUT2D eigenvalue weighted by Crippen LogP contribution is 2.21. The summed E-state index contributed by atoms with van der Waals surface area (Å²) in [4.78, 5) is 18.4. The summed E-state index contributed by atoms with van der Waals surface area (Å²) in [6.45, 7) is 10.1. The quantitative estimate of drug-likeness (QED) is 0.240. The Balaban J connectivity index is 0.00000320. The molecule has 1 saturated heterocycles. The van der Waals surface area contributed by atoms with E-state index < -0.39 is 0 Å². The van der Waals surface area contributed by atoms with Crippen LogP contribution in [0.15, 0.2) is 35.3 Å². The number of carbonyl (C=O) groups is 1. The predicted octanol–water partition coefficient (Wildman–Crippen LogP) is 3.39. The molecule has 0 radical (unpaired) electrons. The van der Waals surface area contributed by atoms with Crippen molar-refractivity contribution in [3.63, 3.8) is 0 Å². The molecule has 1 amide bonds. The van der Waals surface area contributed by atoms with Crippen LogP contribution in [0, 0.1) is 13.8 Å². The van der Waals surface area contributed by atoms with Gasteiger partial charge in [-0.3, -0.25) is 9.48 Å². The lowest BCUT2D eigenvalue weighted by Crippen LogP contribution is -2.38. The first-order valence-electron chi connectivity index (χ1n) is 10.5. The maximum atomic E-state index is 11.9. The van der Waals surface area contributed by atoms with Crippen molar-refractivity contribution >= 4 is 41.5 Å². The average Bonchev–Trinajstić information content (AvgIpc) is 3.28. The molecule has 30 heavy (non-hydrogen) atoms. The molecule has 0 atom stereocenters. The number of amides is 1. The predicted molar refractivity (Wildman–Crippen MR) is 133 cm³/mol. The van der Waals surface area contributed by atoms with Gasteiger partial charge in [0.1, 0.15) is 0 Å². The molecule has 0 aliphatic carbocycles. The summed E-state index contributed by atoms with van der Waals surface area (Å²) in [6.07, 6.45) is 2.58. The van der Waals surface area contributed by atoms with Crippen LogP contribution in [0.4, 0.5) is 5.69 Å². The smallest absolute Gasteiger partial charge is 0.227 e. The lowest BCUT2D eigenvalue weighted by molar-refractivity contribution is -0.117. The van der Waals surface area contributed by atoms with E-state index in [9.17, 15) is 4.79 Å². The Morgan fingerprint density at radius 2 is 1.97 bits per heavy atom. The van der Waals surface area contributed by atoms with Crippen LogP contribution in [-0.2, 0) is 17.9 Å². The number of halogens is 1. The number of carbonyl (C=O) groups excluding carboxylic acids is 1. The van der Waals surface area contributed by atoms with Crippen LogP contribution in [0.3, 0.4) is 0 Å². The third-order valence-electron chi connectivity index (χ3n) is 5.03. The maximum Gasteiger partial charge on any atom is 0.227 e. The monoisotopic (exact) mass is 524 g/mol. The summed E-state index contributed by atoms with van der Waals surface area (Å²) in [7, 11) is 0. The van der Waals surface area contributed by atoms with Crippen molar-refractivity contribution in [1.82, 2.24) is 20.4 Å². The molecule has 8 heteroatoms. The van der Waals surface area contributed by atoms with Crippen molar-refractivity contribution in [2.75, 3.05) is 24.5 Å². The molecule has 7 nitrogen and oxygen atoms in total. The lowest BCUT2D eigenvalue weighted by atomic mass is 10.2. The molecular weight excluding hydrogens is 491 g/mol. The molecular formula is C22H33IN6O. The van der Waals surface area contributed by atoms with E-state index in [0.717, 1.165) is 61.9 Å². The fourth-order valence-electron chi connectivity index (χ4n) is 3.55. The van der Waals surface area contributed by atoms with E-state index >= 15 is 0 Å². The van der Waals surface area contributed by atoms with Crippen LogP contribution in [0.25, 0.3) is 0 Å². The van der Waals surface area contributed by atoms with Gasteiger partial charge in [-0.25, -0.2) is 4.99 Å². The first-order chi connectivity index (χ1) is 14.1. The Hall–Kier alpha value is -2.10. The molecule has 1 aliphatic rings. The Morgan fingerprint density at radius 3 is 2.57 bits per heavy atom. The summed E-state index contributed by atoms with van der Waals surface area (Å²) in [6, 6.07) is 10.2. The van der Waals surface area contributed by atoms with Crippen molar-refractivity contribution in [2.24, 2.45) is 4.99 Å². The van der Waals surface area contributed by atoms with Gasteiger partial charge in [-0.1, -0.05) is 12.1 Å². The van der Waals surface area contributed by atoms with Gasteiger partial charge < -0.3 is 15.5 Å². The molecule has 164 valence electrons. The van der Waals surface area contributed by atoms with Gasteiger partial charge in [0, 0.05) is 44.0 Å². The Labute approximate surface area is 196 Å². The Kier molecular flexibility index (Phi) is 9.61. The number of hydrogen-bond acceptors (Lipinski definition) is 3. The van der Waals surface area contributed by atoms with Crippen LogP contribution in [-0.4, -0.2) is 41.3 Å². The number of guanidine groups is 1. The molecule has 0 bridgehead atoms. The normalized spacial score (nSPS) is 14.0. The highest BCUT2D eigenvalue weighted by Gasteiger charge is 2.21. The van der Waals surface area contributed by atoms with Gasteiger partial charge in [-0.15, -0.1) is 24.0 Å². The SMILES string of the molecule is CCNC(=NCc1ccc(N2CCCC2=O)cc1)NCCCn1nc(C)cc1C.I. The maximum absolute atomic E-state index is 11.9. The van der Waals surface area contributed by atoms with Gasteiger partial charge in [0.15, 0.2) is 5.96 Å². The minimum Gasteiger partial charge on any atom is -0.357 e. The highest BCUT2D eigenvalue weighted by atomic mass is 127. The van der Waals surface area contributed by atoms with E-state index in [1.807, 2.05) is 28.6 Å². The molecule has 1 aliphatic heterocycles. The minimum absolute atomic E-state index is 0. The number of benzene rings is 1. The van der Waals surface area contributed by atoms with Crippen LogP contribution >= 0.6 is 24.0 Å². The topological polar surface area (TPSA) is 74.6 Å². The summed E-state index contributed by atoms with van der Waals surface area (Å²) in [5, 5.41) is 11.2. The molecule has 1 aromatic heterocycles. The zero-order valence-electron chi connectivity index (χ0n) is 18.1. The number of aliphatic imine (C=N–C) groups is 1. The first kappa shape index (κ1) is 24.2. The molecule has 0 spiro atoms. The highest BCUT2D eigenvalue weighted by molar-refractivity contribution is 14.0. The van der Waals surface area contributed by atoms with Crippen molar-refractivity contribution < 1.29 is 4.79 Å². The van der Waals surface area contributed by atoms with Crippen LogP contribution in [0.1, 0.15) is 43.1 Å². The van der Waals surface area contributed by atoms with E-state index in [0.29, 0.717) is 13.0 Å². The molecule has 1 fully saturated rings. The number of hydrogen-bond donors (Lipinski definition) is 2. The number of aromatic nitrogens is 2. The van der Waals surface area contributed by atoms with Gasteiger partial charge >= 0.3 is 0 Å². The number of nitrogens with one attached hydrogen (secondary N) is 2. The standard InChI is InChI=1S/C22H32N6O.HI/c1-4-23-22(24-12-6-14-28-18(3)15-17(2)26-28)25-16-19-8-10-20(11-9-19)27-13-5-7-21(27)29;/h8-11,15H,4-7,12-14,16H2,1-3H3,(H2,23,24,25);1H. The summed E-state index contributed by atoms with van der Waals surface area (Å²) in [5.41, 5.74) is 4.36. The van der Waals surface area contributed by atoms with Gasteiger partial charge in [-0.2, -0.15) is 5.10 Å². The molecule has 0 unspecified atom stereocenters.